The Kier molecular flexibility index (Phi) is 8.49. The first-order valence-electron chi connectivity index (χ1n) is 8.10. The van der Waals surface area contributed by atoms with E-state index in [2.05, 4.69) is 15.5 Å². The molecule has 1 aromatic carbocycles. The third-order valence-electron chi connectivity index (χ3n) is 3.47. The number of nitrogens with one attached hydrogen (secondary N) is 2. The standard InChI is InChI=1S/C17H25N3O4/c1-4-20(5-2)12-11-18-15(21)16(22)19-14-9-7-13(8-10-14)17(23)24-6-3/h7-10H,4-6,11-12H2,1-3H3,(H,18,21)(H,19,22). The van der Waals surface area contributed by atoms with Crippen LogP contribution in [-0.2, 0) is 14.3 Å². The van der Waals surface area contributed by atoms with Crippen molar-refractivity contribution >= 4 is 23.5 Å². The van der Waals surface area contributed by atoms with Crippen LogP contribution in [0.1, 0.15) is 31.1 Å². The van der Waals surface area contributed by atoms with Crippen LogP contribution in [0.3, 0.4) is 0 Å². The zero-order valence-electron chi connectivity index (χ0n) is 14.4. The number of anilines is 1. The van der Waals surface area contributed by atoms with E-state index in [4.69, 9.17) is 4.74 Å². The molecule has 7 nitrogen and oxygen atoms in total. The van der Waals surface area contributed by atoms with Gasteiger partial charge in [0.15, 0.2) is 0 Å². The zero-order valence-corrected chi connectivity index (χ0v) is 14.4. The quantitative estimate of drug-likeness (QED) is 0.552. The van der Waals surface area contributed by atoms with Gasteiger partial charge in [-0.15, -0.1) is 0 Å². The molecule has 132 valence electrons. The van der Waals surface area contributed by atoms with Crippen molar-refractivity contribution in [2.75, 3.05) is 38.1 Å². The van der Waals surface area contributed by atoms with Gasteiger partial charge in [-0.2, -0.15) is 0 Å². The summed E-state index contributed by atoms with van der Waals surface area (Å²) in [5, 5.41) is 5.07. The molecule has 0 saturated heterocycles. The van der Waals surface area contributed by atoms with E-state index < -0.39 is 17.8 Å². The maximum absolute atomic E-state index is 11.8. The number of nitrogens with zero attached hydrogens (tertiary/aromatic N) is 1. The number of carbonyl (C=O) groups is 3. The molecule has 0 heterocycles. The Bertz CT molecular complexity index is 553. The molecule has 0 spiro atoms. The molecule has 0 fully saturated rings. The van der Waals surface area contributed by atoms with E-state index in [1.165, 1.54) is 12.1 Å². The third kappa shape index (κ3) is 6.37. The first-order chi connectivity index (χ1) is 11.5. The van der Waals surface area contributed by atoms with E-state index >= 15 is 0 Å². The van der Waals surface area contributed by atoms with Gasteiger partial charge in [0.2, 0.25) is 0 Å². The average molecular weight is 335 g/mol. The molecule has 2 N–H and O–H groups in total. The van der Waals surface area contributed by atoms with Gasteiger partial charge in [0.05, 0.1) is 12.2 Å². The summed E-state index contributed by atoms with van der Waals surface area (Å²) in [6.45, 7) is 9.00. The van der Waals surface area contributed by atoms with Crippen LogP contribution >= 0.6 is 0 Å². The van der Waals surface area contributed by atoms with Crippen molar-refractivity contribution in [1.82, 2.24) is 10.2 Å². The van der Waals surface area contributed by atoms with Crippen molar-refractivity contribution in [2.24, 2.45) is 0 Å². The molecule has 0 bridgehead atoms. The Morgan fingerprint density at radius 1 is 1.00 bits per heavy atom. The summed E-state index contributed by atoms with van der Waals surface area (Å²) >= 11 is 0. The normalized spacial score (nSPS) is 10.3. The van der Waals surface area contributed by atoms with Gasteiger partial charge in [-0.1, -0.05) is 13.8 Å². The summed E-state index contributed by atoms with van der Waals surface area (Å²) < 4.78 is 4.87. The molecular formula is C17H25N3O4. The number of amides is 2. The molecule has 1 aromatic rings. The highest BCUT2D eigenvalue weighted by Crippen LogP contribution is 2.10. The van der Waals surface area contributed by atoms with E-state index in [1.54, 1.807) is 19.1 Å². The number of benzene rings is 1. The Labute approximate surface area is 142 Å². The van der Waals surface area contributed by atoms with Crippen LogP contribution in [0.5, 0.6) is 0 Å². The van der Waals surface area contributed by atoms with Gasteiger partial charge >= 0.3 is 17.8 Å². The third-order valence-corrected chi connectivity index (χ3v) is 3.47. The monoisotopic (exact) mass is 335 g/mol. The minimum absolute atomic E-state index is 0.297. The summed E-state index contributed by atoms with van der Waals surface area (Å²) in [5.74, 6) is -1.85. The molecule has 1 rings (SSSR count). The molecule has 0 atom stereocenters. The lowest BCUT2D eigenvalue weighted by atomic mass is 10.2. The van der Waals surface area contributed by atoms with Crippen LogP contribution in [0.2, 0.25) is 0 Å². The molecular weight excluding hydrogens is 310 g/mol. The van der Waals surface area contributed by atoms with Gasteiger partial charge in [0, 0.05) is 18.8 Å². The van der Waals surface area contributed by atoms with E-state index in [0.717, 1.165) is 13.1 Å². The second-order valence-corrected chi connectivity index (χ2v) is 5.03. The largest absolute Gasteiger partial charge is 0.462 e. The minimum atomic E-state index is -0.738. The van der Waals surface area contributed by atoms with Gasteiger partial charge < -0.3 is 20.3 Å². The fourth-order valence-electron chi connectivity index (χ4n) is 2.04. The average Bonchev–Trinajstić information content (AvgIpc) is 2.59. The van der Waals surface area contributed by atoms with Gasteiger partial charge in [-0.3, -0.25) is 9.59 Å². The summed E-state index contributed by atoms with van der Waals surface area (Å²) in [6.07, 6.45) is 0. The number of esters is 1. The van der Waals surface area contributed by atoms with Gasteiger partial charge in [-0.25, -0.2) is 4.79 Å². The lowest BCUT2D eigenvalue weighted by Crippen LogP contribution is -2.40. The molecule has 0 saturated carbocycles. The van der Waals surface area contributed by atoms with Gasteiger partial charge in [0.25, 0.3) is 0 Å². The van der Waals surface area contributed by atoms with Crippen molar-refractivity contribution in [3.8, 4) is 0 Å². The molecule has 0 aliphatic heterocycles. The second-order valence-electron chi connectivity index (χ2n) is 5.03. The number of rotatable bonds is 8. The summed E-state index contributed by atoms with van der Waals surface area (Å²) in [7, 11) is 0. The fraction of sp³-hybridized carbons (Fsp3) is 0.471. The molecule has 24 heavy (non-hydrogen) atoms. The summed E-state index contributed by atoms with van der Waals surface area (Å²) in [5.41, 5.74) is 0.825. The summed E-state index contributed by atoms with van der Waals surface area (Å²) in [4.78, 5) is 37.2. The van der Waals surface area contributed by atoms with Crippen molar-refractivity contribution in [2.45, 2.75) is 20.8 Å². The first kappa shape index (κ1) is 19.6. The second kappa shape index (κ2) is 10.4. The molecule has 7 heteroatoms. The number of hydrogen-bond acceptors (Lipinski definition) is 5. The smallest absolute Gasteiger partial charge is 0.338 e. The van der Waals surface area contributed by atoms with Crippen LogP contribution in [0, 0.1) is 0 Å². The lowest BCUT2D eigenvalue weighted by Gasteiger charge is -2.17. The van der Waals surface area contributed by atoms with Crippen LogP contribution in [0.25, 0.3) is 0 Å². The first-order valence-corrected chi connectivity index (χ1v) is 8.10. The fourth-order valence-corrected chi connectivity index (χ4v) is 2.04. The van der Waals surface area contributed by atoms with Crippen molar-refractivity contribution < 1.29 is 19.1 Å². The van der Waals surface area contributed by atoms with Crippen molar-refractivity contribution in [1.29, 1.82) is 0 Å². The zero-order chi connectivity index (χ0) is 17.9. The highest BCUT2D eigenvalue weighted by atomic mass is 16.5. The lowest BCUT2D eigenvalue weighted by molar-refractivity contribution is -0.136. The topological polar surface area (TPSA) is 87.7 Å². The molecule has 0 radical (unpaired) electrons. The van der Waals surface area contributed by atoms with E-state index in [9.17, 15) is 14.4 Å². The highest BCUT2D eigenvalue weighted by molar-refractivity contribution is 6.39. The SMILES string of the molecule is CCOC(=O)c1ccc(NC(=O)C(=O)NCCN(CC)CC)cc1. The highest BCUT2D eigenvalue weighted by Gasteiger charge is 2.14. The maximum atomic E-state index is 11.8. The molecule has 0 unspecified atom stereocenters. The van der Waals surface area contributed by atoms with E-state index in [1.807, 2.05) is 13.8 Å². The van der Waals surface area contributed by atoms with Crippen LogP contribution in [0.4, 0.5) is 5.69 Å². The van der Waals surface area contributed by atoms with Crippen LogP contribution in [-0.4, -0.2) is 55.5 Å². The number of hydrogen-bond donors (Lipinski definition) is 2. The number of carbonyl (C=O) groups excluding carboxylic acids is 3. The Morgan fingerprint density at radius 2 is 1.62 bits per heavy atom. The van der Waals surface area contributed by atoms with Crippen LogP contribution < -0.4 is 10.6 Å². The minimum Gasteiger partial charge on any atom is -0.462 e. The maximum Gasteiger partial charge on any atom is 0.338 e. The predicted octanol–water partition coefficient (Wildman–Crippen LogP) is 1.26. The Morgan fingerprint density at radius 3 is 2.17 bits per heavy atom. The van der Waals surface area contributed by atoms with Crippen molar-refractivity contribution in [3.05, 3.63) is 29.8 Å². The van der Waals surface area contributed by atoms with E-state index in [0.29, 0.717) is 30.9 Å². The van der Waals surface area contributed by atoms with Gasteiger partial charge in [0.1, 0.15) is 0 Å². The predicted molar refractivity (Wildman–Crippen MR) is 91.8 cm³/mol. The number of likely N-dealkylation sites (N-methyl/N-ethyl adjacent to an activating group) is 1. The van der Waals surface area contributed by atoms with E-state index in [-0.39, 0.29) is 0 Å². The molecule has 0 aliphatic carbocycles. The Balaban J connectivity index is 2.46. The number of ether oxygens (including phenoxy) is 1. The Hall–Kier alpha value is -2.41. The summed E-state index contributed by atoms with van der Waals surface area (Å²) in [6, 6.07) is 6.17. The molecule has 0 aromatic heterocycles. The van der Waals surface area contributed by atoms with Crippen LogP contribution in [0.15, 0.2) is 24.3 Å². The molecule has 0 aliphatic rings. The van der Waals surface area contributed by atoms with Gasteiger partial charge in [-0.05, 0) is 44.3 Å². The molecule has 2 amide bonds. The van der Waals surface area contributed by atoms with Crippen molar-refractivity contribution in [3.63, 3.8) is 0 Å².